The molecular weight excluding hydrogens is 744 g/mol. The molecule has 11 nitrogen and oxygen atoms in total. The van der Waals surface area contributed by atoms with Crippen LogP contribution in [0.1, 0.15) is 28.7 Å². The molecular formula is C45H43ClN4O7. The number of nitrogens with one attached hydrogen (secondary N) is 4. The second-order valence-corrected chi connectivity index (χ2v) is 14.3. The molecule has 2 aliphatic heterocycles. The summed E-state index contributed by atoms with van der Waals surface area (Å²) in [5.41, 5.74) is 4.91. The Morgan fingerprint density at radius 2 is 1.12 bits per heavy atom. The number of hydrogen-bond donors (Lipinski definition) is 5. The Morgan fingerprint density at radius 1 is 0.596 bits per heavy atom. The van der Waals surface area contributed by atoms with Crippen molar-refractivity contribution in [3.63, 3.8) is 0 Å². The number of carbonyl (C=O) groups excluding carboxylic acids is 4. The number of carboxylic acids is 1. The summed E-state index contributed by atoms with van der Waals surface area (Å²) in [6, 6.07) is 35.3. The molecule has 57 heavy (non-hydrogen) atoms. The number of benzene rings is 5. The summed E-state index contributed by atoms with van der Waals surface area (Å²) in [6.45, 7) is -0.418. The van der Waals surface area contributed by atoms with Gasteiger partial charge in [0.1, 0.15) is 29.9 Å². The lowest BCUT2D eigenvalue weighted by Gasteiger charge is -2.26. The molecule has 0 aromatic heterocycles. The Balaban J connectivity index is 1.34. The zero-order chi connectivity index (χ0) is 40.1. The summed E-state index contributed by atoms with van der Waals surface area (Å²) in [6.07, 6.45) is 0.594. The summed E-state index contributed by atoms with van der Waals surface area (Å²) >= 11 is 6.12. The third-order valence-electron chi connectivity index (χ3n) is 9.68. The fourth-order valence-corrected chi connectivity index (χ4v) is 6.68. The monoisotopic (exact) mass is 786 g/mol. The molecule has 292 valence electrons. The van der Waals surface area contributed by atoms with Crippen LogP contribution in [-0.2, 0) is 49.7 Å². The zero-order valence-corrected chi connectivity index (χ0v) is 31.8. The van der Waals surface area contributed by atoms with Crippen LogP contribution in [0.4, 0.5) is 0 Å². The van der Waals surface area contributed by atoms with E-state index in [2.05, 4.69) is 21.3 Å². The smallest absolute Gasteiger partial charge is 0.326 e. The molecule has 0 saturated heterocycles. The molecule has 4 amide bonds. The number of amides is 4. The van der Waals surface area contributed by atoms with E-state index in [0.717, 1.165) is 22.3 Å². The Hall–Kier alpha value is -6.46. The van der Waals surface area contributed by atoms with E-state index < -0.39 is 60.4 Å². The maximum atomic E-state index is 14.4. The largest absolute Gasteiger partial charge is 0.484 e. The van der Waals surface area contributed by atoms with E-state index >= 15 is 0 Å². The lowest BCUT2D eigenvalue weighted by Crippen LogP contribution is -2.59. The van der Waals surface area contributed by atoms with Gasteiger partial charge in [-0.15, -0.1) is 0 Å². The minimum absolute atomic E-state index is 0.0378. The Kier molecular flexibility index (Phi) is 13.7. The SMILES string of the molecule is O=C1COc2ccc(cc2)C[C@@H](C(=O)O)NC(=O)[C@H](CCc2ccccc2)NC(=O)[C@@H](Cc2ccc(-c3ccccc3)cc2)NC(=O)[C@H](Cc2ccc(Cl)cc2)N1. The fraction of sp³-hybridized carbons (Fsp3) is 0.222. The summed E-state index contributed by atoms with van der Waals surface area (Å²) < 4.78 is 5.70. The van der Waals surface area contributed by atoms with Crippen LogP contribution in [0.5, 0.6) is 5.75 Å². The molecule has 0 radical (unpaired) electrons. The number of carbonyl (C=O) groups is 5. The molecule has 2 bridgehead atoms. The predicted octanol–water partition coefficient (Wildman–Crippen LogP) is 5.08. The van der Waals surface area contributed by atoms with Crippen molar-refractivity contribution in [1.82, 2.24) is 21.3 Å². The van der Waals surface area contributed by atoms with Gasteiger partial charge in [-0.1, -0.05) is 121 Å². The van der Waals surface area contributed by atoms with Crippen molar-refractivity contribution in [1.29, 1.82) is 0 Å². The van der Waals surface area contributed by atoms with Crippen LogP contribution in [0.15, 0.2) is 133 Å². The van der Waals surface area contributed by atoms with Crippen molar-refractivity contribution in [2.75, 3.05) is 6.61 Å². The van der Waals surface area contributed by atoms with E-state index in [0.29, 0.717) is 28.3 Å². The third kappa shape index (κ3) is 11.8. The molecule has 0 aliphatic carbocycles. The highest BCUT2D eigenvalue weighted by Gasteiger charge is 2.32. The number of ether oxygens (including phenoxy) is 1. The number of fused-ring (bicyclic) bond motifs is 16. The molecule has 4 atom stereocenters. The van der Waals surface area contributed by atoms with Crippen LogP contribution in [0.25, 0.3) is 11.1 Å². The van der Waals surface area contributed by atoms with Crippen LogP contribution < -0.4 is 26.0 Å². The van der Waals surface area contributed by atoms with E-state index in [9.17, 15) is 29.1 Å². The Morgan fingerprint density at radius 3 is 1.74 bits per heavy atom. The van der Waals surface area contributed by atoms with Crippen molar-refractivity contribution in [3.8, 4) is 16.9 Å². The van der Waals surface area contributed by atoms with Crippen LogP contribution in [0.2, 0.25) is 5.02 Å². The Labute approximate surface area is 335 Å². The molecule has 5 aromatic rings. The first-order valence-electron chi connectivity index (χ1n) is 18.7. The van der Waals surface area contributed by atoms with E-state index in [1.54, 1.807) is 48.5 Å². The minimum Gasteiger partial charge on any atom is -0.484 e. The van der Waals surface area contributed by atoms with Gasteiger partial charge in [-0.05, 0) is 70.5 Å². The summed E-state index contributed by atoms with van der Waals surface area (Å²) in [5, 5.41) is 21.7. The van der Waals surface area contributed by atoms with Gasteiger partial charge in [-0.2, -0.15) is 0 Å². The van der Waals surface area contributed by atoms with Gasteiger partial charge in [0.15, 0.2) is 6.61 Å². The number of aryl methyl sites for hydroxylation is 1. The van der Waals surface area contributed by atoms with Gasteiger partial charge < -0.3 is 31.1 Å². The average molecular weight is 787 g/mol. The van der Waals surface area contributed by atoms with Gasteiger partial charge in [-0.3, -0.25) is 19.2 Å². The van der Waals surface area contributed by atoms with E-state index in [-0.39, 0.29) is 25.7 Å². The zero-order valence-electron chi connectivity index (χ0n) is 31.0. The minimum atomic E-state index is -1.32. The second-order valence-electron chi connectivity index (χ2n) is 13.9. The van der Waals surface area contributed by atoms with Crippen molar-refractivity contribution in [3.05, 3.63) is 161 Å². The van der Waals surface area contributed by atoms with Gasteiger partial charge in [0.2, 0.25) is 17.7 Å². The quantitative estimate of drug-likeness (QED) is 0.130. The normalized spacial score (nSPS) is 19.4. The molecule has 7 rings (SSSR count). The van der Waals surface area contributed by atoms with Crippen LogP contribution in [0.3, 0.4) is 0 Å². The molecule has 0 unspecified atom stereocenters. The van der Waals surface area contributed by atoms with Gasteiger partial charge in [0.05, 0.1) is 0 Å². The first-order valence-corrected chi connectivity index (χ1v) is 19.0. The maximum Gasteiger partial charge on any atom is 0.326 e. The molecule has 12 heteroatoms. The molecule has 2 aliphatic rings. The number of halogens is 1. The average Bonchev–Trinajstić information content (AvgIpc) is 3.22. The third-order valence-corrected chi connectivity index (χ3v) is 9.94. The standard InChI is InChI=1S/C45H43ClN4O7/c46-35-20-13-31(14-21-35)25-38-43(53)49-39(26-30-11-18-34(19-12-30)33-9-5-2-6-10-33)44(54)48-37(24-17-29-7-3-1-4-8-29)42(52)50-40(45(55)56)27-32-15-22-36(23-16-32)57-28-41(51)47-38/h1-16,18-23,37-40H,17,24-28H2,(H,47,51)(H,48,54)(H,49,53)(H,50,52)(H,55,56)/t37-,38-,39+,40-/m0/s1. The lowest BCUT2D eigenvalue weighted by atomic mass is 9.98. The maximum absolute atomic E-state index is 14.4. The van der Waals surface area contributed by atoms with Crippen LogP contribution in [0, 0.1) is 0 Å². The van der Waals surface area contributed by atoms with E-state index in [1.807, 2.05) is 84.9 Å². The van der Waals surface area contributed by atoms with Crippen molar-refractivity contribution < 1.29 is 33.8 Å². The molecule has 0 spiro atoms. The van der Waals surface area contributed by atoms with Crippen molar-refractivity contribution >= 4 is 41.2 Å². The highest BCUT2D eigenvalue weighted by Crippen LogP contribution is 2.21. The highest BCUT2D eigenvalue weighted by molar-refractivity contribution is 6.30. The molecule has 5 aromatic carbocycles. The first-order chi connectivity index (χ1) is 27.6. The van der Waals surface area contributed by atoms with Gasteiger partial charge in [0.25, 0.3) is 5.91 Å². The number of rotatable bonds is 9. The second kappa shape index (κ2) is 19.4. The van der Waals surface area contributed by atoms with E-state index in [1.165, 1.54) is 0 Å². The lowest BCUT2D eigenvalue weighted by molar-refractivity contribution is -0.142. The van der Waals surface area contributed by atoms with Crippen molar-refractivity contribution in [2.45, 2.75) is 56.3 Å². The molecule has 0 saturated carbocycles. The number of hydrogen-bond acceptors (Lipinski definition) is 6. The predicted molar refractivity (Wildman–Crippen MR) is 217 cm³/mol. The molecule has 5 N–H and O–H groups in total. The van der Waals surface area contributed by atoms with E-state index in [4.69, 9.17) is 16.3 Å². The van der Waals surface area contributed by atoms with Gasteiger partial charge in [-0.25, -0.2) is 4.79 Å². The number of carboxylic acid groups (broad SMARTS) is 1. The first kappa shape index (κ1) is 40.2. The highest BCUT2D eigenvalue weighted by atomic mass is 35.5. The van der Waals surface area contributed by atoms with Gasteiger partial charge >= 0.3 is 5.97 Å². The molecule has 2 heterocycles. The number of aliphatic carboxylic acids is 1. The summed E-state index contributed by atoms with van der Waals surface area (Å²) in [5.74, 6) is -3.48. The fourth-order valence-electron chi connectivity index (χ4n) is 6.56. The summed E-state index contributed by atoms with van der Waals surface area (Å²) in [7, 11) is 0. The Bertz CT molecular complexity index is 2150. The topological polar surface area (TPSA) is 163 Å². The van der Waals surface area contributed by atoms with Crippen LogP contribution in [-0.4, -0.2) is 65.5 Å². The van der Waals surface area contributed by atoms with Gasteiger partial charge in [0, 0.05) is 24.3 Å². The van der Waals surface area contributed by atoms with Crippen molar-refractivity contribution in [2.24, 2.45) is 0 Å². The summed E-state index contributed by atoms with van der Waals surface area (Å²) in [4.78, 5) is 68.2. The molecule has 0 fully saturated rings. The van der Waals surface area contributed by atoms with Crippen LogP contribution >= 0.6 is 11.6 Å².